The molecule has 1 rings (SSSR count). The molecule has 0 radical (unpaired) electrons. The van der Waals surface area contributed by atoms with E-state index in [-0.39, 0.29) is 0 Å². The van der Waals surface area contributed by atoms with E-state index in [0.717, 1.165) is 12.0 Å². The van der Waals surface area contributed by atoms with Gasteiger partial charge in [0.2, 0.25) is 0 Å². The summed E-state index contributed by atoms with van der Waals surface area (Å²) in [6.45, 7) is 5.53. The zero-order valence-corrected chi connectivity index (χ0v) is 12.4. The Hall–Kier alpha value is -0.810. The number of nitrogens with zero attached hydrogens (tertiary/aromatic N) is 2. The van der Waals surface area contributed by atoms with Crippen LogP contribution in [0.3, 0.4) is 0 Å². The van der Waals surface area contributed by atoms with Crippen LogP contribution in [0.5, 0.6) is 0 Å². The highest BCUT2D eigenvalue weighted by Gasteiger charge is 2.12. The number of rotatable bonds is 2. The van der Waals surface area contributed by atoms with E-state index < -0.39 is 0 Å². The lowest BCUT2D eigenvalue weighted by Gasteiger charge is -2.16. The van der Waals surface area contributed by atoms with Crippen molar-refractivity contribution in [2.24, 2.45) is 15.7 Å². The molecular weight excluding hydrogens is 298 g/mol. The van der Waals surface area contributed by atoms with Crippen molar-refractivity contribution in [1.29, 1.82) is 0 Å². The van der Waals surface area contributed by atoms with Gasteiger partial charge < -0.3 is 5.73 Å². The number of nitrogens with two attached hydrogens (primary N) is 1. The predicted molar refractivity (Wildman–Crippen MR) is 81.9 cm³/mol. The molecule has 17 heavy (non-hydrogen) atoms. The summed E-state index contributed by atoms with van der Waals surface area (Å²) >= 11 is 4.99. The van der Waals surface area contributed by atoms with Crippen molar-refractivity contribution in [2.45, 2.75) is 18.2 Å². The van der Waals surface area contributed by atoms with Crippen molar-refractivity contribution in [1.82, 2.24) is 0 Å². The van der Waals surface area contributed by atoms with Gasteiger partial charge in [-0.25, -0.2) is 9.98 Å². The molecule has 1 unspecified atom stereocenters. The van der Waals surface area contributed by atoms with Gasteiger partial charge >= 0.3 is 0 Å². The topological polar surface area (TPSA) is 50.7 Å². The highest BCUT2D eigenvalue weighted by atomic mass is 79.9. The minimum Gasteiger partial charge on any atom is -0.397 e. The maximum Gasteiger partial charge on any atom is 0.186 e. The lowest BCUT2D eigenvalue weighted by atomic mass is 9.97. The van der Waals surface area contributed by atoms with Gasteiger partial charge in [-0.15, -0.1) is 0 Å². The zero-order chi connectivity index (χ0) is 12.8. The molecule has 92 valence electrons. The number of alkyl halides is 1. The van der Waals surface area contributed by atoms with E-state index in [9.17, 15) is 0 Å². The molecule has 0 aromatic heterocycles. The fraction of sp³-hybridized carbons (Fsp3) is 0.333. The first kappa shape index (κ1) is 14.3. The summed E-state index contributed by atoms with van der Waals surface area (Å²) in [4.78, 5) is 8.35. The first-order valence-corrected chi connectivity index (χ1v) is 7.29. The molecule has 0 heterocycles. The first-order chi connectivity index (χ1) is 8.08. The number of hydrogen-bond acceptors (Lipinski definition) is 3. The Bertz CT molecular complexity index is 421. The van der Waals surface area contributed by atoms with E-state index in [4.69, 9.17) is 5.73 Å². The van der Waals surface area contributed by atoms with Gasteiger partial charge in [-0.05, 0) is 31.9 Å². The van der Waals surface area contributed by atoms with Crippen molar-refractivity contribution in [3.05, 3.63) is 35.2 Å². The second-order valence-corrected chi connectivity index (χ2v) is 5.58. The third-order valence-electron chi connectivity index (χ3n) is 2.38. The Kier molecular flexibility index (Phi) is 5.71. The summed E-state index contributed by atoms with van der Waals surface area (Å²) in [7, 11) is 0. The van der Waals surface area contributed by atoms with E-state index in [1.54, 1.807) is 6.20 Å². The standard InChI is InChI=1S/C12H16BrN3S/c1-8-6-9(13)4-5-10(8)11(14)7-16-12(15-2)17-3/h4-5,7,9H,2,6,14H2,1,3H3/b11-7-,16-12?. The van der Waals surface area contributed by atoms with E-state index in [2.05, 4.69) is 45.6 Å². The van der Waals surface area contributed by atoms with Crippen LogP contribution in [0.2, 0.25) is 0 Å². The highest BCUT2D eigenvalue weighted by molar-refractivity contribution is 9.09. The highest BCUT2D eigenvalue weighted by Crippen LogP contribution is 2.26. The Morgan fingerprint density at radius 1 is 1.71 bits per heavy atom. The van der Waals surface area contributed by atoms with Gasteiger partial charge in [-0.3, -0.25) is 0 Å². The average Bonchev–Trinajstić information content (AvgIpc) is 2.30. The Labute approximate surface area is 115 Å². The van der Waals surface area contributed by atoms with E-state index in [0.29, 0.717) is 15.7 Å². The van der Waals surface area contributed by atoms with Crippen LogP contribution in [0.15, 0.2) is 45.2 Å². The smallest absolute Gasteiger partial charge is 0.186 e. The summed E-state index contributed by atoms with van der Waals surface area (Å²) in [5.41, 5.74) is 8.97. The second-order valence-electron chi connectivity index (χ2n) is 3.63. The molecule has 0 aromatic carbocycles. The van der Waals surface area contributed by atoms with Crippen LogP contribution >= 0.6 is 27.7 Å². The Morgan fingerprint density at radius 3 is 2.94 bits per heavy atom. The number of thioether (sulfide) groups is 1. The van der Waals surface area contributed by atoms with E-state index in [1.807, 2.05) is 12.3 Å². The quantitative estimate of drug-likeness (QED) is 0.483. The summed E-state index contributed by atoms with van der Waals surface area (Å²) in [6.07, 6.45) is 8.63. The summed E-state index contributed by atoms with van der Waals surface area (Å²) in [6, 6.07) is 0. The van der Waals surface area contributed by atoms with Crippen molar-refractivity contribution in [3.63, 3.8) is 0 Å². The van der Waals surface area contributed by atoms with E-state index >= 15 is 0 Å². The number of hydrogen-bond donors (Lipinski definition) is 1. The monoisotopic (exact) mass is 313 g/mol. The molecule has 0 saturated carbocycles. The van der Waals surface area contributed by atoms with Crippen molar-refractivity contribution in [3.8, 4) is 0 Å². The van der Waals surface area contributed by atoms with Gasteiger partial charge in [0.15, 0.2) is 5.17 Å². The molecule has 0 spiro atoms. The Morgan fingerprint density at radius 2 is 2.41 bits per heavy atom. The van der Waals surface area contributed by atoms with Crippen LogP contribution in [0.25, 0.3) is 0 Å². The van der Waals surface area contributed by atoms with Crippen LogP contribution in [0.4, 0.5) is 0 Å². The van der Waals surface area contributed by atoms with Gasteiger partial charge in [0.25, 0.3) is 0 Å². The molecule has 0 saturated heterocycles. The number of halogens is 1. The molecule has 0 fully saturated rings. The van der Waals surface area contributed by atoms with Gasteiger partial charge in [0, 0.05) is 4.83 Å². The third-order valence-corrected chi connectivity index (χ3v) is 3.60. The molecule has 1 aliphatic rings. The van der Waals surface area contributed by atoms with Crippen LogP contribution in [0, 0.1) is 0 Å². The number of aliphatic imine (C=N–C) groups is 2. The molecule has 1 atom stereocenters. The lowest BCUT2D eigenvalue weighted by molar-refractivity contribution is 0.966. The third kappa shape index (κ3) is 4.16. The van der Waals surface area contributed by atoms with Crippen LogP contribution in [-0.2, 0) is 0 Å². The fourth-order valence-corrected chi connectivity index (χ4v) is 2.43. The van der Waals surface area contributed by atoms with Gasteiger partial charge in [-0.2, -0.15) is 0 Å². The van der Waals surface area contributed by atoms with Crippen molar-refractivity contribution in [2.75, 3.05) is 6.26 Å². The number of amidine groups is 1. The molecule has 3 nitrogen and oxygen atoms in total. The van der Waals surface area contributed by atoms with Crippen LogP contribution < -0.4 is 5.73 Å². The maximum absolute atomic E-state index is 6.00. The normalized spacial score (nSPS) is 21.9. The molecule has 0 bridgehead atoms. The molecule has 0 aromatic rings. The van der Waals surface area contributed by atoms with Crippen LogP contribution in [-0.4, -0.2) is 23.0 Å². The van der Waals surface area contributed by atoms with Crippen LogP contribution in [0.1, 0.15) is 13.3 Å². The molecule has 1 aliphatic carbocycles. The van der Waals surface area contributed by atoms with Crippen molar-refractivity contribution >= 4 is 39.6 Å². The summed E-state index contributed by atoms with van der Waals surface area (Å²) < 4.78 is 0. The van der Waals surface area contributed by atoms with Gasteiger partial charge in [0.05, 0.1) is 11.9 Å². The molecule has 5 heteroatoms. The SMILES string of the molecule is C=NC(=N/C=C(\N)C1=C(C)CC(Br)C=C1)SC. The molecule has 2 N–H and O–H groups in total. The largest absolute Gasteiger partial charge is 0.397 e. The second kappa shape index (κ2) is 6.81. The molecular formula is C12H16BrN3S. The number of allylic oxidation sites excluding steroid dienone is 3. The summed E-state index contributed by atoms with van der Waals surface area (Å²) in [5, 5.41) is 0.615. The first-order valence-electron chi connectivity index (χ1n) is 5.15. The fourth-order valence-electron chi connectivity index (χ4n) is 1.51. The molecule has 0 amide bonds. The minimum atomic E-state index is 0.402. The van der Waals surface area contributed by atoms with E-state index in [1.165, 1.54) is 17.3 Å². The maximum atomic E-state index is 6.00. The zero-order valence-electron chi connectivity index (χ0n) is 9.98. The minimum absolute atomic E-state index is 0.402. The Balaban J connectivity index is 2.91. The van der Waals surface area contributed by atoms with Gasteiger partial charge in [0.1, 0.15) is 0 Å². The summed E-state index contributed by atoms with van der Waals surface area (Å²) in [5.74, 6) is 0. The molecule has 0 aliphatic heterocycles. The average molecular weight is 314 g/mol. The van der Waals surface area contributed by atoms with Gasteiger partial charge in [-0.1, -0.05) is 45.4 Å². The lowest BCUT2D eigenvalue weighted by Crippen LogP contribution is -2.08. The predicted octanol–water partition coefficient (Wildman–Crippen LogP) is 3.25. The van der Waals surface area contributed by atoms with Crippen molar-refractivity contribution < 1.29 is 0 Å².